The molecule has 0 bridgehead atoms. The van der Waals surface area contributed by atoms with Crippen LogP contribution in [-0.2, 0) is 6.42 Å². The zero-order chi connectivity index (χ0) is 16.1. The minimum Gasteiger partial charge on any atom is -0.388 e. The fourth-order valence-electron chi connectivity index (χ4n) is 4.06. The zero-order valence-corrected chi connectivity index (χ0v) is 14.6. The van der Waals surface area contributed by atoms with Gasteiger partial charge >= 0.3 is 0 Å². The molecule has 3 heteroatoms. The smallest absolute Gasteiger partial charge is 0.0802 e. The summed E-state index contributed by atoms with van der Waals surface area (Å²) in [5.41, 5.74) is 3.91. The van der Waals surface area contributed by atoms with E-state index in [2.05, 4.69) is 34.9 Å². The molecule has 3 nitrogen and oxygen atoms in total. The molecule has 1 aromatic carbocycles. The van der Waals surface area contributed by atoms with Crippen molar-refractivity contribution in [2.24, 2.45) is 0 Å². The Morgan fingerprint density at radius 1 is 1.04 bits per heavy atom. The third kappa shape index (κ3) is 4.27. The maximum absolute atomic E-state index is 10.6. The Labute approximate surface area is 141 Å². The summed E-state index contributed by atoms with van der Waals surface area (Å²) in [5.74, 6) is 0. The Bertz CT molecular complexity index is 494. The Kier molecular flexibility index (Phi) is 5.96. The van der Waals surface area contributed by atoms with Crippen LogP contribution in [0.1, 0.15) is 62.7 Å². The number of hydrogen-bond donors (Lipinski definition) is 1. The molecule has 1 N–H and O–H groups in total. The largest absolute Gasteiger partial charge is 0.388 e. The van der Waals surface area contributed by atoms with E-state index >= 15 is 0 Å². The van der Waals surface area contributed by atoms with Gasteiger partial charge in [0.05, 0.1) is 6.10 Å². The van der Waals surface area contributed by atoms with Gasteiger partial charge in [0.2, 0.25) is 0 Å². The van der Waals surface area contributed by atoms with E-state index in [4.69, 9.17) is 0 Å². The SMILES string of the molecule is CCN1CCCc2cc(C(O)CCN3CCCCCC3)ccc21. The molecule has 128 valence electrons. The number of hydrogen-bond acceptors (Lipinski definition) is 3. The number of likely N-dealkylation sites (tertiary alicyclic amines) is 1. The summed E-state index contributed by atoms with van der Waals surface area (Å²) in [6.45, 7) is 7.91. The molecular formula is C20H32N2O. The summed E-state index contributed by atoms with van der Waals surface area (Å²) in [7, 11) is 0. The monoisotopic (exact) mass is 316 g/mol. The molecule has 1 unspecified atom stereocenters. The number of benzene rings is 1. The number of aliphatic hydroxyl groups is 1. The van der Waals surface area contributed by atoms with Crippen molar-refractivity contribution in [2.75, 3.05) is 37.6 Å². The maximum atomic E-state index is 10.6. The van der Waals surface area contributed by atoms with Crippen LogP contribution in [0.15, 0.2) is 18.2 Å². The summed E-state index contributed by atoms with van der Waals surface area (Å²) in [4.78, 5) is 4.99. The number of aliphatic hydroxyl groups excluding tert-OH is 1. The molecule has 2 heterocycles. The molecule has 0 aliphatic carbocycles. The molecule has 1 atom stereocenters. The van der Waals surface area contributed by atoms with Crippen molar-refractivity contribution in [1.82, 2.24) is 4.90 Å². The van der Waals surface area contributed by atoms with Crippen molar-refractivity contribution in [2.45, 2.75) is 58.0 Å². The van der Waals surface area contributed by atoms with Gasteiger partial charge in [-0.2, -0.15) is 0 Å². The van der Waals surface area contributed by atoms with Gasteiger partial charge in [0.25, 0.3) is 0 Å². The second kappa shape index (κ2) is 8.16. The van der Waals surface area contributed by atoms with Crippen molar-refractivity contribution in [1.29, 1.82) is 0 Å². The van der Waals surface area contributed by atoms with Crippen molar-refractivity contribution < 1.29 is 5.11 Å². The molecule has 2 aliphatic heterocycles. The number of anilines is 1. The van der Waals surface area contributed by atoms with E-state index in [1.165, 1.54) is 63.0 Å². The molecule has 1 aromatic rings. The molecule has 0 saturated carbocycles. The number of rotatable bonds is 5. The van der Waals surface area contributed by atoms with Crippen LogP contribution in [-0.4, -0.2) is 42.7 Å². The fraction of sp³-hybridized carbons (Fsp3) is 0.700. The van der Waals surface area contributed by atoms with Gasteiger partial charge in [-0.25, -0.2) is 0 Å². The number of nitrogens with zero attached hydrogens (tertiary/aromatic N) is 2. The molecule has 0 aromatic heterocycles. The van der Waals surface area contributed by atoms with Gasteiger partial charge in [-0.15, -0.1) is 0 Å². The van der Waals surface area contributed by atoms with Crippen molar-refractivity contribution >= 4 is 5.69 Å². The molecule has 3 rings (SSSR count). The maximum Gasteiger partial charge on any atom is 0.0802 e. The highest BCUT2D eigenvalue weighted by atomic mass is 16.3. The number of aryl methyl sites for hydroxylation is 1. The van der Waals surface area contributed by atoms with Gasteiger partial charge in [0.1, 0.15) is 0 Å². The van der Waals surface area contributed by atoms with Crippen LogP contribution in [0.4, 0.5) is 5.69 Å². The summed E-state index contributed by atoms with van der Waals surface area (Å²) in [6.07, 6.45) is 8.31. The van der Waals surface area contributed by atoms with Crippen molar-refractivity contribution in [3.8, 4) is 0 Å². The normalized spacial score (nSPS) is 20.9. The Morgan fingerprint density at radius 3 is 2.57 bits per heavy atom. The lowest BCUT2D eigenvalue weighted by molar-refractivity contribution is 0.143. The van der Waals surface area contributed by atoms with Gasteiger partial charge in [-0.3, -0.25) is 0 Å². The highest BCUT2D eigenvalue weighted by molar-refractivity contribution is 5.57. The molecule has 0 amide bonds. The van der Waals surface area contributed by atoms with Gasteiger partial charge in [0, 0.05) is 25.3 Å². The quantitative estimate of drug-likeness (QED) is 0.896. The van der Waals surface area contributed by atoms with E-state index in [0.29, 0.717) is 0 Å². The zero-order valence-electron chi connectivity index (χ0n) is 14.6. The van der Waals surface area contributed by atoms with Gasteiger partial charge < -0.3 is 14.9 Å². The third-order valence-corrected chi connectivity index (χ3v) is 5.50. The van der Waals surface area contributed by atoms with Crippen LogP contribution in [0.5, 0.6) is 0 Å². The topological polar surface area (TPSA) is 26.7 Å². The average Bonchev–Trinajstić information content (AvgIpc) is 2.87. The van der Waals surface area contributed by atoms with Crippen LogP contribution in [0.3, 0.4) is 0 Å². The van der Waals surface area contributed by atoms with Gasteiger partial charge in [-0.05, 0) is 69.3 Å². The van der Waals surface area contributed by atoms with E-state index in [-0.39, 0.29) is 6.10 Å². The minimum atomic E-state index is -0.319. The number of fused-ring (bicyclic) bond motifs is 1. The van der Waals surface area contributed by atoms with Crippen LogP contribution < -0.4 is 4.90 Å². The average molecular weight is 316 g/mol. The second-order valence-corrected chi connectivity index (χ2v) is 7.13. The minimum absolute atomic E-state index is 0.319. The molecule has 23 heavy (non-hydrogen) atoms. The predicted octanol–water partition coefficient (Wildman–Crippen LogP) is 3.76. The Hall–Kier alpha value is -1.06. The molecule has 2 aliphatic rings. The van der Waals surface area contributed by atoms with Gasteiger partial charge in [-0.1, -0.05) is 25.0 Å². The first-order chi connectivity index (χ1) is 11.3. The lowest BCUT2D eigenvalue weighted by Crippen LogP contribution is -2.29. The summed E-state index contributed by atoms with van der Waals surface area (Å²) < 4.78 is 0. The predicted molar refractivity (Wildman–Crippen MR) is 97.1 cm³/mol. The summed E-state index contributed by atoms with van der Waals surface area (Å²) in [6, 6.07) is 6.62. The standard InChI is InChI=1S/C20H32N2O/c1-2-22-14-7-8-17-16-18(9-10-19(17)22)20(23)11-15-21-12-5-3-4-6-13-21/h9-10,16,20,23H,2-8,11-15H2,1H3. The van der Waals surface area contributed by atoms with Crippen LogP contribution >= 0.6 is 0 Å². The summed E-state index contributed by atoms with van der Waals surface area (Å²) >= 11 is 0. The first-order valence-corrected chi connectivity index (χ1v) is 9.56. The van der Waals surface area contributed by atoms with E-state index in [1.54, 1.807) is 0 Å². The Balaban J connectivity index is 1.60. The summed E-state index contributed by atoms with van der Waals surface area (Å²) in [5, 5.41) is 10.6. The molecule has 0 radical (unpaired) electrons. The van der Waals surface area contributed by atoms with E-state index in [0.717, 1.165) is 31.5 Å². The van der Waals surface area contributed by atoms with Crippen LogP contribution in [0.2, 0.25) is 0 Å². The molecule has 1 fully saturated rings. The highest BCUT2D eigenvalue weighted by Gasteiger charge is 2.18. The van der Waals surface area contributed by atoms with Gasteiger partial charge in [0.15, 0.2) is 0 Å². The Morgan fingerprint density at radius 2 is 1.83 bits per heavy atom. The molecule has 0 spiro atoms. The van der Waals surface area contributed by atoms with Crippen molar-refractivity contribution in [3.63, 3.8) is 0 Å². The van der Waals surface area contributed by atoms with Crippen molar-refractivity contribution in [3.05, 3.63) is 29.3 Å². The van der Waals surface area contributed by atoms with Crippen LogP contribution in [0, 0.1) is 0 Å². The van der Waals surface area contributed by atoms with E-state index in [9.17, 15) is 5.11 Å². The van der Waals surface area contributed by atoms with E-state index in [1.807, 2.05) is 0 Å². The van der Waals surface area contributed by atoms with Crippen LogP contribution in [0.25, 0.3) is 0 Å². The first-order valence-electron chi connectivity index (χ1n) is 9.56. The first kappa shape index (κ1) is 16.8. The fourth-order valence-corrected chi connectivity index (χ4v) is 4.06. The molecular weight excluding hydrogens is 284 g/mol. The third-order valence-electron chi connectivity index (χ3n) is 5.50. The molecule has 1 saturated heterocycles. The second-order valence-electron chi connectivity index (χ2n) is 7.13. The lowest BCUT2D eigenvalue weighted by Gasteiger charge is -2.31. The lowest BCUT2D eigenvalue weighted by atomic mass is 9.96. The highest BCUT2D eigenvalue weighted by Crippen LogP contribution is 2.30. The van der Waals surface area contributed by atoms with E-state index < -0.39 is 0 Å².